The second-order valence-corrected chi connectivity index (χ2v) is 6.15. The molecule has 0 fully saturated rings. The molecule has 0 aromatic heterocycles. The Morgan fingerprint density at radius 1 is 1.14 bits per heavy atom. The zero-order chi connectivity index (χ0) is 20.7. The van der Waals surface area contributed by atoms with Gasteiger partial charge in [-0.15, -0.1) is 0 Å². The van der Waals surface area contributed by atoms with Gasteiger partial charge in [0.15, 0.2) is 0 Å². The van der Waals surface area contributed by atoms with Crippen molar-refractivity contribution in [2.24, 2.45) is 5.73 Å². The first kappa shape index (κ1) is 20.6. The van der Waals surface area contributed by atoms with Crippen LogP contribution in [0.25, 0.3) is 0 Å². The first-order valence-electron chi connectivity index (χ1n) is 8.46. The standard InChI is InChI=1S/C20H19FN4O3/c1-12(24-20(28)14-7-8-16(21)15(10-14)11-22)19(27)25-17(18(23)26)9-13-5-3-2-4-6-13/h2-8,10,12,17H,9H2,1H3,(H2,23,26)(H,24,28)(H,25,27)/t12-,17-/m1/s1. The molecule has 0 unspecified atom stereocenters. The van der Waals surface area contributed by atoms with Gasteiger partial charge in [-0.2, -0.15) is 5.26 Å². The molecule has 0 bridgehead atoms. The number of amides is 3. The average Bonchev–Trinajstić information content (AvgIpc) is 2.68. The number of primary amides is 1. The first-order valence-corrected chi connectivity index (χ1v) is 8.46. The Labute approximate surface area is 161 Å². The Kier molecular flexibility index (Phi) is 6.82. The first-order chi connectivity index (χ1) is 13.3. The Balaban J connectivity index is 2.01. The molecule has 0 spiro atoms. The largest absolute Gasteiger partial charge is 0.368 e. The summed E-state index contributed by atoms with van der Waals surface area (Å²) in [5.74, 6) is -2.70. The topological polar surface area (TPSA) is 125 Å². The van der Waals surface area contributed by atoms with Crippen molar-refractivity contribution in [1.82, 2.24) is 10.6 Å². The van der Waals surface area contributed by atoms with Gasteiger partial charge < -0.3 is 16.4 Å². The lowest BCUT2D eigenvalue weighted by atomic mass is 10.1. The highest BCUT2D eigenvalue weighted by Gasteiger charge is 2.23. The van der Waals surface area contributed by atoms with Crippen molar-refractivity contribution >= 4 is 17.7 Å². The molecule has 0 radical (unpaired) electrons. The van der Waals surface area contributed by atoms with Crippen LogP contribution in [-0.2, 0) is 16.0 Å². The van der Waals surface area contributed by atoms with Crippen LogP contribution >= 0.6 is 0 Å². The molecule has 3 amide bonds. The smallest absolute Gasteiger partial charge is 0.251 e. The highest BCUT2D eigenvalue weighted by atomic mass is 19.1. The zero-order valence-electron chi connectivity index (χ0n) is 15.1. The number of carbonyl (C=O) groups excluding carboxylic acids is 3. The Bertz CT molecular complexity index is 925. The lowest BCUT2D eigenvalue weighted by molar-refractivity contribution is -0.128. The summed E-state index contributed by atoms with van der Waals surface area (Å²) in [4.78, 5) is 36.2. The summed E-state index contributed by atoms with van der Waals surface area (Å²) in [6, 6.07) is 12.0. The summed E-state index contributed by atoms with van der Waals surface area (Å²) in [6.45, 7) is 1.43. The average molecular weight is 382 g/mol. The van der Waals surface area contributed by atoms with Gasteiger partial charge in [0.25, 0.3) is 5.91 Å². The van der Waals surface area contributed by atoms with Crippen LogP contribution in [0.15, 0.2) is 48.5 Å². The summed E-state index contributed by atoms with van der Waals surface area (Å²) in [5, 5.41) is 13.8. The van der Waals surface area contributed by atoms with E-state index in [2.05, 4.69) is 10.6 Å². The van der Waals surface area contributed by atoms with Crippen LogP contribution in [0.1, 0.15) is 28.4 Å². The highest BCUT2D eigenvalue weighted by Crippen LogP contribution is 2.10. The fourth-order valence-electron chi connectivity index (χ4n) is 2.47. The van der Waals surface area contributed by atoms with Gasteiger partial charge in [-0.3, -0.25) is 14.4 Å². The van der Waals surface area contributed by atoms with Crippen molar-refractivity contribution in [2.45, 2.75) is 25.4 Å². The number of carbonyl (C=O) groups is 3. The second kappa shape index (κ2) is 9.28. The van der Waals surface area contributed by atoms with Crippen LogP contribution in [0.2, 0.25) is 0 Å². The molecule has 0 saturated carbocycles. The van der Waals surface area contributed by atoms with Crippen LogP contribution < -0.4 is 16.4 Å². The zero-order valence-corrected chi connectivity index (χ0v) is 15.1. The molecule has 7 nitrogen and oxygen atoms in total. The molecule has 2 rings (SSSR count). The fraction of sp³-hybridized carbons (Fsp3) is 0.200. The van der Waals surface area contributed by atoms with Crippen molar-refractivity contribution in [2.75, 3.05) is 0 Å². The minimum atomic E-state index is -0.985. The summed E-state index contributed by atoms with van der Waals surface area (Å²) in [7, 11) is 0. The summed E-state index contributed by atoms with van der Waals surface area (Å²) in [6.07, 6.45) is 0.214. The monoisotopic (exact) mass is 382 g/mol. The number of nitriles is 1. The molecular formula is C20H19FN4O3. The normalized spacial score (nSPS) is 12.3. The van der Waals surface area contributed by atoms with E-state index in [1.54, 1.807) is 30.3 Å². The number of hydrogen-bond acceptors (Lipinski definition) is 4. The van der Waals surface area contributed by atoms with Crippen LogP contribution in [0.3, 0.4) is 0 Å². The molecule has 4 N–H and O–H groups in total. The quantitative estimate of drug-likeness (QED) is 0.661. The van der Waals surface area contributed by atoms with Crippen molar-refractivity contribution < 1.29 is 18.8 Å². The van der Waals surface area contributed by atoms with E-state index in [9.17, 15) is 18.8 Å². The van der Waals surface area contributed by atoms with Crippen molar-refractivity contribution in [1.29, 1.82) is 5.26 Å². The third kappa shape index (κ3) is 5.38. The van der Waals surface area contributed by atoms with Crippen molar-refractivity contribution in [3.05, 3.63) is 71.0 Å². The number of benzene rings is 2. The summed E-state index contributed by atoms with van der Waals surface area (Å²) >= 11 is 0. The Morgan fingerprint density at radius 3 is 2.43 bits per heavy atom. The Hall–Kier alpha value is -3.73. The predicted molar refractivity (Wildman–Crippen MR) is 99.3 cm³/mol. The minimum Gasteiger partial charge on any atom is -0.368 e. The van der Waals surface area contributed by atoms with Crippen LogP contribution in [0.5, 0.6) is 0 Å². The molecule has 2 atom stereocenters. The van der Waals surface area contributed by atoms with E-state index in [-0.39, 0.29) is 17.5 Å². The number of nitrogens with two attached hydrogens (primary N) is 1. The maximum Gasteiger partial charge on any atom is 0.251 e. The number of nitrogens with one attached hydrogen (secondary N) is 2. The van der Waals surface area contributed by atoms with Crippen LogP contribution in [0, 0.1) is 17.1 Å². The molecule has 2 aromatic carbocycles. The fourth-order valence-corrected chi connectivity index (χ4v) is 2.47. The van der Waals surface area contributed by atoms with E-state index in [1.165, 1.54) is 13.0 Å². The maximum absolute atomic E-state index is 13.4. The minimum absolute atomic E-state index is 0.0355. The van der Waals surface area contributed by atoms with E-state index in [4.69, 9.17) is 11.0 Å². The molecular weight excluding hydrogens is 363 g/mol. The second-order valence-electron chi connectivity index (χ2n) is 6.15. The summed E-state index contributed by atoms with van der Waals surface area (Å²) < 4.78 is 13.4. The highest BCUT2D eigenvalue weighted by molar-refractivity contribution is 5.98. The molecule has 0 aliphatic carbocycles. The van der Waals surface area contributed by atoms with Gasteiger partial charge in [-0.25, -0.2) is 4.39 Å². The van der Waals surface area contributed by atoms with Crippen LogP contribution in [-0.4, -0.2) is 29.8 Å². The molecule has 0 aliphatic heterocycles. The van der Waals surface area contributed by atoms with Crippen molar-refractivity contribution in [3.63, 3.8) is 0 Å². The number of hydrogen-bond donors (Lipinski definition) is 3. The van der Waals surface area contributed by atoms with E-state index in [0.717, 1.165) is 17.7 Å². The SMILES string of the molecule is C[C@@H](NC(=O)c1ccc(F)c(C#N)c1)C(=O)N[C@H](Cc1ccccc1)C(N)=O. The van der Waals surface area contributed by atoms with Gasteiger partial charge in [-0.05, 0) is 30.7 Å². The number of nitrogens with zero attached hydrogens (tertiary/aromatic N) is 1. The van der Waals surface area contributed by atoms with E-state index in [0.29, 0.717) is 0 Å². The molecule has 0 heterocycles. The van der Waals surface area contributed by atoms with Gasteiger partial charge in [0.05, 0.1) is 5.56 Å². The van der Waals surface area contributed by atoms with Gasteiger partial charge >= 0.3 is 0 Å². The van der Waals surface area contributed by atoms with E-state index >= 15 is 0 Å². The van der Waals surface area contributed by atoms with Gasteiger partial charge in [0.2, 0.25) is 11.8 Å². The van der Waals surface area contributed by atoms with Gasteiger partial charge in [-0.1, -0.05) is 30.3 Å². The number of halogens is 1. The molecule has 2 aromatic rings. The molecule has 28 heavy (non-hydrogen) atoms. The number of rotatable bonds is 7. The third-order valence-corrected chi connectivity index (χ3v) is 4.03. The maximum atomic E-state index is 13.4. The van der Waals surface area contributed by atoms with E-state index < -0.39 is 35.6 Å². The van der Waals surface area contributed by atoms with Crippen LogP contribution in [0.4, 0.5) is 4.39 Å². The third-order valence-electron chi connectivity index (χ3n) is 4.03. The van der Waals surface area contributed by atoms with Gasteiger partial charge in [0, 0.05) is 12.0 Å². The molecule has 0 aliphatic rings. The molecule has 0 saturated heterocycles. The summed E-state index contributed by atoms with van der Waals surface area (Å²) in [5.41, 5.74) is 5.94. The molecule has 144 valence electrons. The lowest BCUT2D eigenvalue weighted by Crippen LogP contribution is -2.52. The predicted octanol–water partition coefficient (Wildman–Crippen LogP) is 1.03. The molecule has 8 heteroatoms. The van der Waals surface area contributed by atoms with Gasteiger partial charge in [0.1, 0.15) is 24.0 Å². The Morgan fingerprint density at radius 2 is 1.82 bits per heavy atom. The van der Waals surface area contributed by atoms with Crippen molar-refractivity contribution in [3.8, 4) is 6.07 Å². The lowest BCUT2D eigenvalue weighted by Gasteiger charge is -2.19. The van der Waals surface area contributed by atoms with E-state index in [1.807, 2.05) is 6.07 Å².